The lowest BCUT2D eigenvalue weighted by molar-refractivity contribution is -0.115. The third kappa shape index (κ3) is 3.58. The van der Waals surface area contributed by atoms with Crippen LogP contribution in [0.2, 0.25) is 0 Å². The molecule has 1 heterocycles. The Labute approximate surface area is 134 Å². The van der Waals surface area contributed by atoms with E-state index in [1.54, 1.807) is 6.08 Å². The van der Waals surface area contributed by atoms with Gasteiger partial charge in [-0.1, -0.05) is 48.0 Å². The van der Waals surface area contributed by atoms with Gasteiger partial charge in [-0.3, -0.25) is 10.1 Å². The average molecular weight is 308 g/mol. The first-order valence-electron chi connectivity index (χ1n) is 7.23. The van der Waals surface area contributed by atoms with Gasteiger partial charge in [0.2, 0.25) is 0 Å². The number of hydrogen-bond donors (Lipinski definition) is 2. The number of hydrogen-bond acceptors (Lipinski definition) is 3. The number of ether oxygens (including phenoxy) is 1. The summed E-state index contributed by atoms with van der Waals surface area (Å²) in [5.74, 6) is 0.206. The van der Waals surface area contributed by atoms with Crippen molar-refractivity contribution >= 4 is 18.0 Å². The maximum atomic E-state index is 11.6. The Morgan fingerprint density at radius 1 is 1.00 bits per heavy atom. The minimum absolute atomic E-state index is 0.210. The molecule has 0 unspecified atom stereocenters. The first-order chi connectivity index (χ1) is 11.1. The Bertz CT molecular complexity index is 779. The molecule has 2 aromatic carbocycles. The number of amides is 3. The van der Waals surface area contributed by atoms with Gasteiger partial charge >= 0.3 is 6.03 Å². The first kappa shape index (κ1) is 14.8. The maximum absolute atomic E-state index is 11.6. The Kier molecular flexibility index (Phi) is 4.10. The highest BCUT2D eigenvalue weighted by Gasteiger charge is 2.23. The van der Waals surface area contributed by atoms with Crippen molar-refractivity contribution in [2.45, 2.75) is 13.5 Å². The van der Waals surface area contributed by atoms with Gasteiger partial charge in [0.1, 0.15) is 18.1 Å². The fourth-order valence-electron chi connectivity index (χ4n) is 2.21. The molecule has 0 atom stereocenters. The molecule has 23 heavy (non-hydrogen) atoms. The topological polar surface area (TPSA) is 67.4 Å². The fraction of sp³-hybridized carbons (Fsp3) is 0.111. The quantitative estimate of drug-likeness (QED) is 0.674. The highest BCUT2D eigenvalue weighted by atomic mass is 16.5. The molecule has 1 aliphatic heterocycles. The molecule has 0 saturated carbocycles. The van der Waals surface area contributed by atoms with Crippen LogP contribution in [0, 0.1) is 6.92 Å². The summed E-state index contributed by atoms with van der Waals surface area (Å²) in [6.45, 7) is 2.46. The summed E-state index contributed by atoms with van der Waals surface area (Å²) >= 11 is 0. The van der Waals surface area contributed by atoms with Crippen LogP contribution in [0.5, 0.6) is 5.75 Å². The van der Waals surface area contributed by atoms with E-state index in [4.69, 9.17) is 4.74 Å². The van der Waals surface area contributed by atoms with Crippen molar-refractivity contribution in [2.24, 2.45) is 0 Å². The lowest BCUT2D eigenvalue weighted by Crippen LogP contribution is -2.22. The van der Waals surface area contributed by atoms with Crippen LogP contribution < -0.4 is 15.4 Å². The fourth-order valence-corrected chi connectivity index (χ4v) is 2.21. The highest BCUT2D eigenvalue weighted by molar-refractivity contribution is 6.14. The molecule has 116 valence electrons. The van der Waals surface area contributed by atoms with E-state index in [2.05, 4.69) is 10.6 Å². The zero-order chi connectivity index (χ0) is 16.2. The van der Waals surface area contributed by atoms with E-state index in [9.17, 15) is 9.59 Å². The van der Waals surface area contributed by atoms with Crippen molar-refractivity contribution in [1.82, 2.24) is 10.6 Å². The number of benzene rings is 2. The van der Waals surface area contributed by atoms with Gasteiger partial charge in [0.25, 0.3) is 5.91 Å². The summed E-state index contributed by atoms with van der Waals surface area (Å²) in [6.07, 6.45) is 1.60. The number of urea groups is 1. The molecule has 0 bridgehead atoms. The Morgan fingerprint density at radius 2 is 1.74 bits per heavy atom. The van der Waals surface area contributed by atoms with Crippen LogP contribution in [0.15, 0.2) is 54.2 Å². The van der Waals surface area contributed by atoms with Crippen LogP contribution in [0.3, 0.4) is 0 Å². The number of carbonyl (C=O) groups is 2. The Hall–Kier alpha value is -3.08. The Balaban J connectivity index is 1.78. The summed E-state index contributed by atoms with van der Waals surface area (Å²) in [4.78, 5) is 22.8. The normalized spacial score (nSPS) is 15.4. The third-order valence-electron chi connectivity index (χ3n) is 3.45. The summed E-state index contributed by atoms with van der Waals surface area (Å²) in [7, 11) is 0. The molecule has 0 aromatic heterocycles. The van der Waals surface area contributed by atoms with E-state index in [0.29, 0.717) is 12.4 Å². The molecule has 2 aromatic rings. The molecule has 1 aliphatic rings. The van der Waals surface area contributed by atoms with Gasteiger partial charge in [-0.05, 0) is 24.6 Å². The van der Waals surface area contributed by atoms with Gasteiger partial charge in [-0.15, -0.1) is 0 Å². The molecule has 5 heteroatoms. The highest BCUT2D eigenvalue weighted by Crippen LogP contribution is 2.22. The molecule has 3 rings (SSSR count). The largest absolute Gasteiger partial charge is 0.488 e. The number of imide groups is 1. The zero-order valence-electron chi connectivity index (χ0n) is 12.6. The molecule has 1 fully saturated rings. The van der Waals surface area contributed by atoms with E-state index in [1.807, 2.05) is 55.5 Å². The van der Waals surface area contributed by atoms with Crippen LogP contribution in [0.4, 0.5) is 4.79 Å². The smallest absolute Gasteiger partial charge is 0.326 e. The molecule has 1 saturated heterocycles. The van der Waals surface area contributed by atoms with E-state index in [0.717, 1.165) is 11.1 Å². The van der Waals surface area contributed by atoms with Gasteiger partial charge in [0.15, 0.2) is 0 Å². The monoisotopic (exact) mass is 308 g/mol. The minimum atomic E-state index is -0.515. The molecule has 0 spiro atoms. The SMILES string of the molecule is Cc1ccc(COc2ccccc2/C=C2/NC(=O)NC2=O)cc1. The molecule has 0 aliphatic carbocycles. The van der Waals surface area contributed by atoms with Gasteiger partial charge in [-0.25, -0.2) is 4.79 Å². The van der Waals surface area contributed by atoms with Crippen molar-refractivity contribution in [1.29, 1.82) is 0 Å². The van der Waals surface area contributed by atoms with Crippen molar-refractivity contribution in [3.63, 3.8) is 0 Å². The lowest BCUT2D eigenvalue weighted by Gasteiger charge is -2.10. The van der Waals surface area contributed by atoms with Crippen LogP contribution >= 0.6 is 0 Å². The first-order valence-corrected chi connectivity index (χ1v) is 7.23. The summed E-state index contributed by atoms with van der Waals surface area (Å²) in [5.41, 5.74) is 3.19. The van der Waals surface area contributed by atoms with Crippen LogP contribution in [0.1, 0.15) is 16.7 Å². The second kappa shape index (κ2) is 6.36. The standard InChI is InChI=1S/C18H16N2O3/c1-12-6-8-13(9-7-12)11-23-16-5-3-2-4-14(16)10-15-17(21)20-18(22)19-15/h2-10H,11H2,1H3,(H2,19,20,21,22)/b15-10+. The Morgan fingerprint density at radius 3 is 2.43 bits per heavy atom. The number of nitrogens with one attached hydrogen (secondary N) is 2. The van der Waals surface area contributed by atoms with E-state index < -0.39 is 11.9 Å². The molecule has 5 nitrogen and oxygen atoms in total. The molecule has 0 radical (unpaired) electrons. The minimum Gasteiger partial charge on any atom is -0.488 e. The number of aryl methyl sites for hydroxylation is 1. The molecular formula is C18H16N2O3. The molecule has 3 amide bonds. The average Bonchev–Trinajstić information content (AvgIpc) is 2.86. The summed E-state index contributed by atoms with van der Waals surface area (Å²) in [6, 6.07) is 14.9. The van der Waals surface area contributed by atoms with E-state index >= 15 is 0 Å². The second-order valence-electron chi connectivity index (χ2n) is 5.28. The van der Waals surface area contributed by atoms with Gasteiger partial charge in [-0.2, -0.15) is 0 Å². The zero-order valence-corrected chi connectivity index (χ0v) is 12.6. The predicted molar refractivity (Wildman–Crippen MR) is 86.6 cm³/mol. The predicted octanol–water partition coefficient (Wildman–Crippen LogP) is 2.75. The number of rotatable bonds is 4. The molecular weight excluding hydrogens is 292 g/mol. The van der Waals surface area contributed by atoms with Crippen molar-refractivity contribution in [3.8, 4) is 5.75 Å². The van der Waals surface area contributed by atoms with Gasteiger partial charge in [0, 0.05) is 5.56 Å². The van der Waals surface area contributed by atoms with Crippen LogP contribution in [-0.2, 0) is 11.4 Å². The van der Waals surface area contributed by atoms with Crippen LogP contribution in [0.25, 0.3) is 6.08 Å². The van der Waals surface area contributed by atoms with Crippen molar-refractivity contribution in [3.05, 3.63) is 70.9 Å². The van der Waals surface area contributed by atoms with Crippen LogP contribution in [-0.4, -0.2) is 11.9 Å². The lowest BCUT2D eigenvalue weighted by atomic mass is 10.1. The van der Waals surface area contributed by atoms with Gasteiger partial charge < -0.3 is 10.1 Å². The second-order valence-corrected chi connectivity index (χ2v) is 5.28. The maximum Gasteiger partial charge on any atom is 0.326 e. The van der Waals surface area contributed by atoms with Gasteiger partial charge in [0.05, 0.1) is 0 Å². The number of carbonyl (C=O) groups excluding carboxylic acids is 2. The van der Waals surface area contributed by atoms with E-state index in [-0.39, 0.29) is 5.70 Å². The van der Waals surface area contributed by atoms with Crippen molar-refractivity contribution in [2.75, 3.05) is 0 Å². The summed E-state index contributed by atoms with van der Waals surface area (Å²) < 4.78 is 5.85. The van der Waals surface area contributed by atoms with E-state index in [1.165, 1.54) is 5.56 Å². The molecule has 2 N–H and O–H groups in total. The third-order valence-corrected chi connectivity index (χ3v) is 3.45. The van der Waals surface area contributed by atoms with Crippen molar-refractivity contribution < 1.29 is 14.3 Å². The number of para-hydroxylation sites is 1. The summed E-state index contributed by atoms with van der Waals surface area (Å²) in [5, 5.41) is 4.64.